The molecule has 0 saturated heterocycles. The van der Waals surface area contributed by atoms with Crippen molar-refractivity contribution in [3.63, 3.8) is 0 Å². The van der Waals surface area contributed by atoms with E-state index in [4.69, 9.17) is 0 Å². The van der Waals surface area contributed by atoms with Gasteiger partial charge in [-0.1, -0.05) is 49.7 Å². The van der Waals surface area contributed by atoms with E-state index >= 15 is 0 Å². The normalized spacial score (nSPS) is 10.9. The molecule has 2 heterocycles. The van der Waals surface area contributed by atoms with Crippen LogP contribution in [0.25, 0.3) is 32.5 Å². The average Bonchev–Trinajstić information content (AvgIpc) is 3.20. The standard InChI is InChI=1S/C24H20N2OS/c1-2-3-8-19-11-12-23(28-19)20-14-22(26-24(27)21(20)15-25)18-10-9-16-6-4-5-7-17(16)13-18/h4-7,9-14H,2-3,8H2,1H3,(H,26,27). The second-order valence-corrected chi connectivity index (χ2v) is 8.01. The largest absolute Gasteiger partial charge is 0.321 e. The number of benzene rings is 2. The Balaban J connectivity index is 1.82. The van der Waals surface area contributed by atoms with Crippen molar-refractivity contribution in [3.8, 4) is 27.8 Å². The Labute approximate surface area is 167 Å². The van der Waals surface area contributed by atoms with Gasteiger partial charge in [-0.2, -0.15) is 5.26 Å². The minimum atomic E-state index is -0.341. The number of pyridine rings is 1. The molecule has 0 atom stereocenters. The predicted octanol–water partition coefficient (Wildman–Crippen LogP) is 6.14. The number of rotatable bonds is 5. The number of nitrogens with one attached hydrogen (secondary N) is 1. The van der Waals surface area contributed by atoms with Gasteiger partial charge in [-0.3, -0.25) is 4.79 Å². The van der Waals surface area contributed by atoms with Gasteiger partial charge in [0.2, 0.25) is 0 Å². The summed E-state index contributed by atoms with van der Waals surface area (Å²) in [6.07, 6.45) is 3.32. The number of H-pyrrole nitrogens is 1. The first-order valence-electron chi connectivity index (χ1n) is 9.45. The average molecular weight is 385 g/mol. The molecule has 28 heavy (non-hydrogen) atoms. The topological polar surface area (TPSA) is 56.6 Å². The Bertz CT molecular complexity index is 1240. The van der Waals surface area contributed by atoms with Gasteiger partial charge in [0.15, 0.2) is 0 Å². The monoisotopic (exact) mass is 384 g/mol. The SMILES string of the molecule is CCCCc1ccc(-c2cc(-c3ccc4ccccc4c3)[nH]c(=O)c2C#N)s1. The molecule has 0 aliphatic rings. The van der Waals surface area contributed by atoms with Crippen molar-refractivity contribution in [1.29, 1.82) is 5.26 Å². The van der Waals surface area contributed by atoms with Gasteiger partial charge in [0.1, 0.15) is 11.6 Å². The van der Waals surface area contributed by atoms with Crippen molar-refractivity contribution in [1.82, 2.24) is 4.98 Å². The molecule has 138 valence electrons. The summed E-state index contributed by atoms with van der Waals surface area (Å²) >= 11 is 1.67. The highest BCUT2D eigenvalue weighted by molar-refractivity contribution is 7.15. The molecule has 3 nitrogen and oxygen atoms in total. The molecule has 4 heteroatoms. The van der Waals surface area contributed by atoms with Gasteiger partial charge in [0.05, 0.1) is 0 Å². The van der Waals surface area contributed by atoms with Crippen LogP contribution in [0.15, 0.2) is 65.5 Å². The number of hydrogen-bond acceptors (Lipinski definition) is 3. The fourth-order valence-corrected chi connectivity index (χ4v) is 4.46. The van der Waals surface area contributed by atoms with E-state index in [0.29, 0.717) is 5.56 Å². The third-order valence-electron chi connectivity index (χ3n) is 4.91. The molecule has 0 saturated carbocycles. The number of aromatic nitrogens is 1. The fraction of sp³-hybridized carbons (Fsp3) is 0.167. The van der Waals surface area contributed by atoms with Crippen LogP contribution in [0.1, 0.15) is 30.2 Å². The first-order valence-corrected chi connectivity index (χ1v) is 10.3. The van der Waals surface area contributed by atoms with Gasteiger partial charge >= 0.3 is 0 Å². The van der Waals surface area contributed by atoms with Crippen LogP contribution in [0.5, 0.6) is 0 Å². The summed E-state index contributed by atoms with van der Waals surface area (Å²) in [4.78, 5) is 17.7. The van der Waals surface area contributed by atoms with Crippen LogP contribution in [0, 0.1) is 11.3 Å². The Hall–Kier alpha value is -3.16. The van der Waals surface area contributed by atoms with E-state index in [1.54, 1.807) is 11.3 Å². The first kappa shape index (κ1) is 18.2. The second kappa shape index (κ2) is 7.84. The zero-order valence-corrected chi connectivity index (χ0v) is 16.5. The second-order valence-electron chi connectivity index (χ2n) is 6.84. The number of nitrogens with zero attached hydrogens (tertiary/aromatic N) is 1. The van der Waals surface area contributed by atoms with Crippen LogP contribution in [0.2, 0.25) is 0 Å². The number of aromatic amines is 1. The van der Waals surface area contributed by atoms with Crippen LogP contribution < -0.4 is 5.56 Å². The molecule has 1 N–H and O–H groups in total. The Morgan fingerprint density at radius 2 is 1.86 bits per heavy atom. The van der Waals surface area contributed by atoms with Crippen molar-refractivity contribution >= 4 is 22.1 Å². The van der Waals surface area contributed by atoms with Crippen molar-refractivity contribution in [3.05, 3.63) is 81.5 Å². The molecule has 4 rings (SSSR count). The van der Waals surface area contributed by atoms with Crippen LogP contribution >= 0.6 is 11.3 Å². The fourth-order valence-electron chi connectivity index (χ4n) is 3.39. The highest BCUT2D eigenvalue weighted by Crippen LogP contribution is 2.33. The molecule has 2 aromatic carbocycles. The summed E-state index contributed by atoms with van der Waals surface area (Å²) < 4.78 is 0. The smallest absolute Gasteiger partial charge is 0.267 e. The molecule has 0 amide bonds. The number of unbranched alkanes of at least 4 members (excludes halogenated alkanes) is 1. The summed E-state index contributed by atoms with van der Waals surface area (Å²) in [5.41, 5.74) is 2.21. The molecular formula is C24H20N2OS. The highest BCUT2D eigenvalue weighted by atomic mass is 32.1. The number of aryl methyl sites for hydroxylation is 1. The van der Waals surface area contributed by atoms with E-state index in [2.05, 4.69) is 48.3 Å². The van der Waals surface area contributed by atoms with Gasteiger partial charge in [0.25, 0.3) is 5.56 Å². The summed E-state index contributed by atoms with van der Waals surface area (Å²) in [7, 11) is 0. The lowest BCUT2D eigenvalue weighted by Crippen LogP contribution is -2.12. The van der Waals surface area contributed by atoms with Crippen LogP contribution in [-0.2, 0) is 6.42 Å². The van der Waals surface area contributed by atoms with Gasteiger partial charge in [0, 0.05) is 21.0 Å². The molecule has 0 unspecified atom stereocenters. The third kappa shape index (κ3) is 3.49. The van der Waals surface area contributed by atoms with Crippen LogP contribution in [0.3, 0.4) is 0 Å². The lowest BCUT2D eigenvalue weighted by molar-refractivity contribution is 0.804. The van der Waals surface area contributed by atoms with Gasteiger partial charge < -0.3 is 4.98 Å². The number of fused-ring (bicyclic) bond motifs is 1. The van der Waals surface area contributed by atoms with E-state index in [-0.39, 0.29) is 11.1 Å². The summed E-state index contributed by atoms with van der Waals surface area (Å²) in [5, 5.41) is 11.8. The molecule has 0 aliphatic heterocycles. The van der Waals surface area contributed by atoms with E-state index in [1.807, 2.05) is 30.3 Å². The molecule has 0 spiro atoms. The predicted molar refractivity (Wildman–Crippen MR) is 117 cm³/mol. The van der Waals surface area contributed by atoms with Gasteiger partial charge in [-0.05, 0) is 53.4 Å². The zero-order chi connectivity index (χ0) is 19.5. The summed E-state index contributed by atoms with van der Waals surface area (Å²) in [6.45, 7) is 2.18. The third-order valence-corrected chi connectivity index (χ3v) is 6.09. The number of thiophene rings is 1. The number of nitriles is 1. The van der Waals surface area contributed by atoms with E-state index in [9.17, 15) is 10.1 Å². The molecule has 0 aliphatic carbocycles. The highest BCUT2D eigenvalue weighted by Gasteiger charge is 2.14. The zero-order valence-electron chi connectivity index (χ0n) is 15.7. The quantitative estimate of drug-likeness (QED) is 0.449. The molecule has 0 radical (unpaired) electrons. The summed E-state index contributed by atoms with van der Waals surface area (Å²) in [5.74, 6) is 0. The molecule has 2 aromatic heterocycles. The van der Waals surface area contributed by atoms with Crippen molar-refractivity contribution in [2.24, 2.45) is 0 Å². The van der Waals surface area contributed by atoms with Crippen LogP contribution in [0.4, 0.5) is 0 Å². The molecule has 0 bridgehead atoms. The van der Waals surface area contributed by atoms with Crippen molar-refractivity contribution < 1.29 is 0 Å². The molecule has 0 fully saturated rings. The Kier molecular flexibility index (Phi) is 5.10. The van der Waals surface area contributed by atoms with E-state index in [1.165, 1.54) is 4.88 Å². The van der Waals surface area contributed by atoms with Gasteiger partial charge in [-0.15, -0.1) is 11.3 Å². The minimum Gasteiger partial charge on any atom is -0.321 e. The van der Waals surface area contributed by atoms with E-state index in [0.717, 1.165) is 46.2 Å². The maximum absolute atomic E-state index is 12.6. The van der Waals surface area contributed by atoms with Crippen LogP contribution in [-0.4, -0.2) is 4.98 Å². The Morgan fingerprint density at radius 1 is 1.04 bits per heavy atom. The van der Waals surface area contributed by atoms with Gasteiger partial charge in [-0.25, -0.2) is 0 Å². The maximum atomic E-state index is 12.6. The lowest BCUT2D eigenvalue weighted by Gasteiger charge is -2.08. The first-order chi connectivity index (χ1) is 13.7. The number of hydrogen-bond donors (Lipinski definition) is 1. The Morgan fingerprint density at radius 3 is 2.64 bits per heavy atom. The van der Waals surface area contributed by atoms with Crippen molar-refractivity contribution in [2.75, 3.05) is 0 Å². The lowest BCUT2D eigenvalue weighted by atomic mass is 10.0. The van der Waals surface area contributed by atoms with E-state index < -0.39 is 0 Å². The molecular weight excluding hydrogens is 364 g/mol. The molecule has 4 aromatic rings. The minimum absolute atomic E-state index is 0.174. The summed E-state index contributed by atoms with van der Waals surface area (Å²) in [6, 6.07) is 22.4. The maximum Gasteiger partial charge on any atom is 0.267 e. The van der Waals surface area contributed by atoms with Crippen molar-refractivity contribution in [2.45, 2.75) is 26.2 Å².